The van der Waals surface area contributed by atoms with E-state index < -0.39 is 0 Å². The lowest BCUT2D eigenvalue weighted by Gasteiger charge is -2.34. The maximum Gasteiger partial charge on any atom is 0.293 e. The smallest absolute Gasteiger partial charge is 0.293 e. The van der Waals surface area contributed by atoms with Crippen LogP contribution in [0.4, 0.5) is 5.82 Å². The Hall–Kier alpha value is -2.61. The van der Waals surface area contributed by atoms with E-state index in [0.717, 1.165) is 5.76 Å². The van der Waals surface area contributed by atoms with E-state index in [-0.39, 0.29) is 17.6 Å². The summed E-state index contributed by atoms with van der Waals surface area (Å²) < 4.78 is 12.8. The normalized spacial score (nSPS) is 17.4. The van der Waals surface area contributed by atoms with Gasteiger partial charge in [0.25, 0.3) is 11.5 Å². The van der Waals surface area contributed by atoms with Crippen LogP contribution in [0.5, 0.6) is 0 Å². The minimum Gasteiger partial charge on any atom is -0.466 e. The number of carbonyl (C=O) groups is 1. The van der Waals surface area contributed by atoms with Gasteiger partial charge in [-0.3, -0.25) is 9.59 Å². The number of rotatable bonds is 4. The molecule has 8 heteroatoms. The van der Waals surface area contributed by atoms with Crippen molar-refractivity contribution in [3.8, 4) is 0 Å². The predicted molar refractivity (Wildman–Crippen MR) is 96.6 cm³/mol. The maximum atomic E-state index is 12.8. The molecule has 2 aromatic rings. The highest BCUT2D eigenvalue weighted by atomic mass is 16.5. The maximum absolute atomic E-state index is 12.8. The Morgan fingerprint density at radius 3 is 2.88 bits per heavy atom. The minimum atomic E-state index is -0.197. The average molecular weight is 360 g/mol. The largest absolute Gasteiger partial charge is 0.466 e. The van der Waals surface area contributed by atoms with Crippen LogP contribution in [-0.2, 0) is 11.8 Å². The molecule has 0 aromatic carbocycles. The van der Waals surface area contributed by atoms with Crippen LogP contribution < -0.4 is 10.5 Å². The summed E-state index contributed by atoms with van der Waals surface area (Å²) in [6.07, 6.45) is 3.01. The van der Waals surface area contributed by atoms with Gasteiger partial charge in [-0.05, 0) is 19.9 Å². The van der Waals surface area contributed by atoms with E-state index >= 15 is 0 Å². The molecule has 2 aromatic heterocycles. The van der Waals surface area contributed by atoms with Gasteiger partial charge < -0.3 is 23.5 Å². The lowest BCUT2D eigenvalue weighted by molar-refractivity contribution is -0.0172. The Bertz CT molecular complexity index is 857. The molecule has 0 radical (unpaired) electrons. The first-order valence-electron chi connectivity index (χ1n) is 8.57. The number of hydrogen-bond acceptors (Lipinski definition) is 6. The van der Waals surface area contributed by atoms with Crippen molar-refractivity contribution in [1.29, 1.82) is 0 Å². The summed E-state index contributed by atoms with van der Waals surface area (Å²) in [5.74, 6) is 1.67. The number of ether oxygens (including phenoxy) is 1. The molecular formula is C18H24N4O4. The Kier molecular flexibility index (Phi) is 5.13. The van der Waals surface area contributed by atoms with Crippen LogP contribution in [0.1, 0.15) is 21.9 Å². The van der Waals surface area contributed by atoms with Gasteiger partial charge in [-0.2, -0.15) is 0 Å². The van der Waals surface area contributed by atoms with Crippen LogP contribution in [0.25, 0.3) is 0 Å². The molecule has 1 saturated heterocycles. The van der Waals surface area contributed by atoms with Crippen molar-refractivity contribution in [2.24, 2.45) is 7.05 Å². The lowest BCUT2D eigenvalue weighted by Crippen LogP contribution is -2.50. The number of morpholine rings is 1. The molecule has 1 fully saturated rings. The Balaban J connectivity index is 1.68. The number of amides is 1. The second kappa shape index (κ2) is 7.33. The van der Waals surface area contributed by atoms with E-state index in [1.165, 1.54) is 4.57 Å². The second-order valence-corrected chi connectivity index (χ2v) is 6.62. The highest BCUT2D eigenvalue weighted by Crippen LogP contribution is 2.18. The van der Waals surface area contributed by atoms with Crippen molar-refractivity contribution in [1.82, 2.24) is 14.5 Å². The molecule has 0 saturated carbocycles. The first kappa shape index (κ1) is 18.2. The number of furan rings is 1. The third-order valence-electron chi connectivity index (χ3n) is 4.54. The summed E-state index contributed by atoms with van der Waals surface area (Å²) in [6, 6.07) is 1.77. The number of aryl methyl sites for hydroxylation is 3. The van der Waals surface area contributed by atoms with Gasteiger partial charge in [0, 0.05) is 46.1 Å². The van der Waals surface area contributed by atoms with E-state index in [4.69, 9.17) is 9.15 Å². The molecule has 3 heterocycles. The molecule has 1 aliphatic rings. The minimum absolute atomic E-state index is 0.0518. The molecule has 1 aliphatic heterocycles. The monoisotopic (exact) mass is 360 g/mol. The van der Waals surface area contributed by atoms with E-state index in [1.54, 1.807) is 49.3 Å². The van der Waals surface area contributed by atoms with Gasteiger partial charge in [0.15, 0.2) is 5.82 Å². The summed E-state index contributed by atoms with van der Waals surface area (Å²) in [7, 11) is 3.49. The molecule has 3 rings (SSSR count). The summed E-state index contributed by atoms with van der Waals surface area (Å²) in [4.78, 5) is 32.7. The number of likely N-dealkylation sites (N-methyl/N-ethyl adjacent to an activating group) is 1. The zero-order valence-electron chi connectivity index (χ0n) is 15.6. The fraction of sp³-hybridized carbons (Fsp3) is 0.500. The molecule has 1 amide bonds. The second-order valence-electron chi connectivity index (χ2n) is 6.62. The lowest BCUT2D eigenvalue weighted by atomic mass is 10.2. The topological polar surface area (TPSA) is 80.8 Å². The van der Waals surface area contributed by atoms with Crippen molar-refractivity contribution >= 4 is 11.7 Å². The number of hydrogen-bond donors (Lipinski definition) is 0. The van der Waals surface area contributed by atoms with E-state index in [9.17, 15) is 9.59 Å². The molecule has 0 bridgehead atoms. The van der Waals surface area contributed by atoms with Gasteiger partial charge >= 0.3 is 0 Å². The average Bonchev–Trinajstić information content (AvgIpc) is 2.95. The number of nitrogens with zero attached hydrogens (tertiary/aromatic N) is 4. The highest BCUT2D eigenvalue weighted by molar-refractivity contribution is 5.95. The first-order chi connectivity index (χ1) is 12.4. The molecule has 8 nitrogen and oxygen atoms in total. The van der Waals surface area contributed by atoms with Gasteiger partial charge in [-0.1, -0.05) is 0 Å². The summed E-state index contributed by atoms with van der Waals surface area (Å²) in [6.45, 7) is 5.55. The van der Waals surface area contributed by atoms with Gasteiger partial charge in [-0.15, -0.1) is 0 Å². The van der Waals surface area contributed by atoms with Gasteiger partial charge in [0.2, 0.25) is 0 Å². The van der Waals surface area contributed by atoms with Crippen LogP contribution in [0, 0.1) is 13.8 Å². The Labute approximate surface area is 152 Å². The zero-order chi connectivity index (χ0) is 18.8. The first-order valence-corrected chi connectivity index (χ1v) is 8.57. The molecule has 26 heavy (non-hydrogen) atoms. The van der Waals surface area contributed by atoms with Gasteiger partial charge in [0.1, 0.15) is 11.5 Å². The highest BCUT2D eigenvalue weighted by Gasteiger charge is 2.28. The van der Waals surface area contributed by atoms with Crippen molar-refractivity contribution in [3.05, 3.63) is 45.9 Å². The van der Waals surface area contributed by atoms with E-state index in [0.29, 0.717) is 43.4 Å². The summed E-state index contributed by atoms with van der Waals surface area (Å²) in [5, 5.41) is 0. The van der Waals surface area contributed by atoms with E-state index in [1.807, 2.05) is 6.92 Å². The molecule has 140 valence electrons. The van der Waals surface area contributed by atoms with Gasteiger partial charge in [-0.25, -0.2) is 4.98 Å². The standard InChI is InChI=1S/C18H24N4O4/c1-12-9-15(13(2)26-12)17(23)22-7-8-25-14(11-22)10-21(4)16-18(24)20(3)6-5-19-16/h5-6,9,14H,7-8,10-11H2,1-4H3. The number of aromatic nitrogens is 2. The molecule has 1 atom stereocenters. The summed E-state index contributed by atoms with van der Waals surface area (Å²) >= 11 is 0. The summed E-state index contributed by atoms with van der Waals surface area (Å²) in [5.41, 5.74) is 0.429. The van der Waals surface area contributed by atoms with Crippen molar-refractivity contribution < 1.29 is 13.9 Å². The Morgan fingerprint density at radius 2 is 2.19 bits per heavy atom. The van der Waals surface area contributed by atoms with Crippen molar-refractivity contribution in [2.45, 2.75) is 20.0 Å². The van der Waals surface area contributed by atoms with Crippen molar-refractivity contribution in [2.75, 3.05) is 38.2 Å². The molecule has 0 aliphatic carbocycles. The Morgan fingerprint density at radius 1 is 1.42 bits per heavy atom. The SMILES string of the molecule is Cc1cc(C(=O)N2CCOC(CN(C)c3nccn(C)c3=O)C2)c(C)o1. The molecule has 1 unspecified atom stereocenters. The quantitative estimate of drug-likeness (QED) is 0.808. The van der Waals surface area contributed by atoms with Crippen LogP contribution in [-0.4, -0.2) is 59.8 Å². The van der Waals surface area contributed by atoms with Crippen LogP contribution in [0.2, 0.25) is 0 Å². The molecule has 0 N–H and O–H groups in total. The fourth-order valence-electron chi connectivity index (χ4n) is 3.17. The number of carbonyl (C=O) groups excluding carboxylic acids is 1. The fourth-order valence-corrected chi connectivity index (χ4v) is 3.17. The zero-order valence-corrected chi connectivity index (χ0v) is 15.6. The number of anilines is 1. The van der Waals surface area contributed by atoms with Crippen molar-refractivity contribution in [3.63, 3.8) is 0 Å². The molecular weight excluding hydrogens is 336 g/mol. The van der Waals surface area contributed by atoms with Crippen LogP contribution in [0.15, 0.2) is 27.7 Å². The third-order valence-corrected chi connectivity index (χ3v) is 4.54. The molecule has 0 spiro atoms. The predicted octanol–water partition coefficient (Wildman–Crippen LogP) is 0.968. The van der Waals surface area contributed by atoms with E-state index in [2.05, 4.69) is 4.98 Å². The van der Waals surface area contributed by atoms with Crippen LogP contribution >= 0.6 is 0 Å². The van der Waals surface area contributed by atoms with Gasteiger partial charge in [0.05, 0.1) is 18.3 Å². The van der Waals surface area contributed by atoms with Crippen LogP contribution in [0.3, 0.4) is 0 Å². The third kappa shape index (κ3) is 3.65.